The summed E-state index contributed by atoms with van der Waals surface area (Å²) in [6, 6.07) is 4.67. The number of nitrogens with zero attached hydrogens (tertiary/aromatic N) is 6. The number of halogens is 1. The molecule has 0 saturated carbocycles. The Balaban J connectivity index is 2.01. The molecule has 3 rings (SSSR count). The Morgan fingerprint density at radius 2 is 2.22 bits per heavy atom. The lowest BCUT2D eigenvalue weighted by Crippen LogP contribution is -1.94. The Morgan fingerprint density at radius 1 is 1.33 bits per heavy atom. The first-order valence-electron chi connectivity index (χ1n) is 5.05. The third-order valence-electron chi connectivity index (χ3n) is 2.28. The lowest BCUT2D eigenvalue weighted by Gasteiger charge is -2.01. The molecular formula is C10H7FN6S. The highest BCUT2D eigenvalue weighted by molar-refractivity contribution is 7.99. The maximum atomic E-state index is 13.4. The van der Waals surface area contributed by atoms with Gasteiger partial charge >= 0.3 is 0 Å². The second-order valence-electron chi connectivity index (χ2n) is 3.50. The van der Waals surface area contributed by atoms with E-state index in [1.54, 1.807) is 19.2 Å². The van der Waals surface area contributed by atoms with Crippen molar-refractivity contribution in [2.24, 2.45) is 7.05 Å². The van der Waals surface area contributed by atoms with E-state index in [0.717, 1.165) is 0 Å². The minimum atomic E-state index is -0.378. The largest absolute Gasteiger partial charge is 0.249 e. The molecule has 0 bridgehead atoms. The van der Waals surface area contributed by atoms with Crippen LogP contribution in [-0.4, -0.2) is 30.2 Å². The van der Waals surface area contributed by atoms with Gasteiger partial charge in [-0.3, -0.25) is 0 Å². The van der Waals surface area contributed by atoms with Crippen LogP contribution < -0.4 is 0 Å². The van der Waals surface area contributed by atoms with E-state index in [9.17, 15) is 4.39 Å². The standard InChI is InChI=1S/C10H7FN6S/c1-17-10(14-15-16-17)18-8-5-12-9-6(11)3-2-4-7(9)13-8/h2-5H,1H3. The monoisotopic (exact) mass is 262 g/mol. The first kappa shape index (κ1) is 11.0. The number of hydrogen-bond acceptors (Lipinski definition) is 6. The molecule has 0 atom stereocenters. The summed E-state index contributed by atoms with van der Waals surface area (Å²) in [5.41, 5.74) is 0.771. The van der Waals surface area contributed by atoms with Crippen LogP contribution in [0.3, 0.4) is 0 Å². The van der Waals surface area contributed by atoms with Crippen molar-refractivity contribution in [1.29, 1.82) is 0 Å². The van der Waals surface area contributed by atoms with Gasteiger partial charge in [0.25, 0.3) is 0 Å². The van der Waals surface area contributed by atoms with Gasteiger partial charge in [0.2, 0.25) is 5.16 Å². The van der Waals surface area contributed by atoms with E-state index in [4.69, 9.17) is 0 Å². The van der Waals surface area contributed by atoms with Crippen LogP contribution in [0.15, 0.2) is 34.6 Å². The molecule has 2 aromatic heterocycles. The molecule has 8 heteroatoms. The summed E-state index contributed by atoms with van der Waals surface area (Å²) in [6.45, 7) is 0. The molecule has 0 N–H and O–H groups in total. The quantitative estimate of drug-likeness (QED) is 0.696. The fourth-order valence-electron chi connectivity index (χ4n) is 1.44. The first-order valence-corrected chi connectivity index (χ1v) is 5.87. The zero-order chi connectivity index (χ0) is 12.5. The van der Waals surface area contributed by atoms with Crippen LogP contribution in [0, 0.1) is 5.82 Å². The van der Waals surface area contributed by atoms with Gasteiger partial charge in [-0.1, -0.05) is 6.07 Å². The Bertz CT molecular complexity index is 712. The van der Waals surface area contributed by atoms with E-state index in [1.807, 2.05) is 0 Å². The summed E-state index contributed by atoms with van der Waals surface area (Å²) < 4.78 is 14.9. The van der Waals surface area contributed by atoms with Crippen molar-refractivity contribution in [1.82, 2.24) is 30.2 Å². The predicted octanol–water partition coefficient (Wildman–Crippen LogP) is 1.44. The van der Waals surface area contributed by atoms with E-state index in [2.05, 4.69) is 25.5 Å². The van der Waals surface area contributed by atoms with Gasteiger partial charge in [0.1, 0.15) is 10.5 Å². The van der Waals surface area contributed by atoms with Gasteiger partial charge in [-0.25, -0.2) is 19.0 Å². The van der Waals surface area contributed by atoms with Gasteiger partial charge in [-0.05, 0) is 34.3 Å². The van der Waals surface area contributed by atoms with Crippen molar-refractivity contribution in [3.8, 4) is 0 Å². The summed E-state index contributed by atoms with van der Waals surface area (Å²) in [6.07, 6.45) is 1.50. The number of para-hydroxylation sites is 1. The van der Waals surface area contributed by atoms with Crippen molar-refractivity contribution >= 4 is 22.8 Å². The normalized spacial score (nSPS) is 11.0. The third kappa shape index (κ3) is 1.90. The van der Waals surface area contributed by atoms with Crippen molar-refractivity contribution in [2.75, 3.05) is 0 Å². The molecule has 18 heavy (non-hydrogen) atoms. The maximum absolute atomic E-state index is 13.4. The molecule has 0 aliphatic rings. The minimum Gasteiger partial charge on any atom is -0.249 e. The van der Waals surface area contributed by atoms with E-state index < -0.39 is 0 Å². The number of rotatable bonds is 2. The van der Waals surface area contributed by atoms with Crippen LogP contribution in [0.4, 0.5) is 4.39 Å². The molecule has 0 fully saturated rings. The molecule has 1 aromatic carbocycles. The summed E-state index contributed by atoms with van der Waals surface area (Å²) in [5.74, 6) is -0.378. The van der Waals surface area contributed by atoms with Crippen LogP contribution in [0.2, 0.25) is 0 Å². The topological polar surface area (TPSA) is 69.4 Å². The van der Waals surface area contributed by atoms with Crippen LogP contribution in [0.25, 0.3) is 11.0 Å². The zero-order valence-corrected chi connectivity index (χ0v) is 10.1. The highest BCUT2D eigenvalue weighted by Crippen LogP contribution is 2.24. The molecule has 3 aromatic rings. The van der Waals surface area contributed by atoms with E-state index in [-0.39, 0.29) is 11.3 Å². The summed E-state index contributed by atoms with van der Waals surface area (Å²) in [5, 5.41) is 12.3. The Morgan fingerprint density at radius 3 is 3.00 bits per heavy atom. The lowest BCUT2D eigenvalue weighted by molar-refractivity contribution is 0.636. The number of fused-ring (bicyclic) bond motifs is 1. The molecule has 2 heterocycles. The van der Waals surface area contributed by atoms with Crippen molar-refractivity contribution < 1.29 is 4.39 Å². The molecule has 0 aliphatic carbocycles. The van der Waals surface area contributed by atoms with E-state index in [1.165, 1.54) is 28.7 Å². The molecule has 0 unspecified atom stereocenters. The Labute approximate surface area is 105 Å². The van der Waals surface area contributed by atoms with Gasteiger partial charge in [-0.2, -0.15) is 0 Å². The number of aromatic nitrogens is 6. The molecule has 0 aliphatic heterocycles. The number of aryl methyl sites for hydroxylation is 1. The average Bonchev–Trinajstić information content (AvgIpc) is 2.75. The van der Waals surface area contributed by atoms with Gasteiger partial charge in [0, 0.05) is 7.05 Å². The first-order chi connectivity index (χ1) is 8.74. The number of tetrazole rings is 1. The third-order valence-corrected chi connectivity index (χ3v) is 3.21. The zero-order valence-electron chi connectivity index (χ0n) is 9.28. The second kappa shape index (κ2) is 4.30. The minimum absolute atomic E-state index is 0.262. The lowest BCUT2D eigenvalue weighted by atomic mass is 10.3. The molecule has 90 valence electrons. The molecular weight excluding hydrogens is 255 g/mol. The summed E-state index contributed by atoms with van der Waals surface area (Å²) in [4.78, 5) is 8.36. The van der Waals surface area contributed by atoms with Gasteiger partial charge < -0.3 is 0 Å². The SMILES string of the molecule is Cn1nnnc1Sc1cnc2c(F)cccc2n1. The maximum Gasteiger partial charge on any atom is 0.215 e. The number of benzene rings is 1. The van der Waals surface area contributed by atoms with Gasteiger partial charge in [0.15, 0.2) is 5.82 Å². The van der Waals surface area contributed by atoms with Crippen LogP contribution in [0.1, 0.15) is 0 Å². The Kier molecular flexibility index (Phi) is 2.63. The smallest absolute Gasteiger partial charge is 0.215 e. The van der Waals surface area contributed by atoms with E-state index >= 15 is 0 Å². The Hall–Kier alpha value is -2.09. The van der Waals surface area contributed by atoms with Crippen LogP contribution >= 0.6 is 11.8 Å². The summed E-state index contributed by atoms with van der Waals surface area (Å²) >= 11 is 1.27. The second-order valence-corrected chi connectivity index (χ2v) is 4.49. The summed E-state index contributed by atoms with van der Waals surface area (Å²) in [7, 11) is 1.73. The van der Waals surface area contributed by atoms with Crippen LogP contribution in [-0.2, 0) is 7.05 Å². The number of hydrogen-bond donors (Lipinski definition) is 0. The average molecular weight is 262 g/mol. The molecule has 0 amide bonds. The molecule has 6 nitrogen and oxygen atoms in total. The predicted molar refractivity (Wildman–Crippen MR) is 62.4 cm³/mol. The van der Waals surface area contributed by atoms with Gasteiger partial charge in [-0.15, -0.1) is 5.10 Å². The van der Waals surface area contributed by atoms with E-state index in [0.29, 0.717) is 15.7 Å². The fourth-order valence-corrected chi connectivity index (χ4v) is 2.12. The van der Waals surface area contributed by atoms with Crippen LogP contribution in [0.5, 0.6) is 0 Å². The highest BCUT2D eigenvalue weighted by atomic mass is 32.2. The van der Waals surface area contributed by atoms with Crippen molar-refractivity contribution in [3.63, 3.8) is 0 Å². The molecule has 0 spiro atoms. The highest BCUT2D eigenvalue weighted by Gasteiger charge is 2.09. The van der Waals surface area contributed by atoms with Crippen molar-refractivity contribution in [3.05, 3.63) is 30.2 Å². The van der Waals surface area contributed by atoms with Gasteiger partial charge in [0.05, 0.1) is 11.7 Å². The van der Waals surface area contributed by atoms with Crippen molar-refractivity contribution in [2.45, 2.75) is 10.2 Å². The molecule has 0 saturated heterocycles. The molecule has 0 radical (unpaired) electrons. The fraction of sp³-hybridized carbons (Fsp3) is 0.100.